The molecular formula is C38H46N4O5. The van der Waals surface area contributed by atoms with Crippen LogP contribution >= 0.6 is 0 Å². The molecular weight excluding hydrogens is 592 g/mol. The van der Waals surface area contributed by atoms with Crippen LogP contribution in [-0.2, 0) is 38.4 Å². The van der Waals surface area contributed by atoms with Crippen molar-refractivity contribution in [1.29, 1.82) is 0 Å². The summed E-state index contributed by atoms with van der Waals surface area (Å²) in [6, 6.07) is 27.8. The first-order valence-electron chi connectivity index (χ1n) is 16.5. The zero-order chi connectivity index (χ0) is 33.2. The number of amides is 2. The Morgan fingerprint density at radius 1 is 0.851 bits per heavy atom. The third-order valence-electron chi connectivity index (χ3n) is 8.49. The lowest BCUT2D eigenvalue weighted by Gasteiger charge is -2.31. The highest BCUT2D eigenvalue weighted by molar-refractivity contribution is 6.01. The molecule has 4 aromatic rings. The first kappa shape index (κ1) is 33.9. The summed E-state index contributed by atoms with van der Waals surface area (Å²) in [4.78, 5) is 48.1. The number of nitrogens with one attached hydrogen (secondary N) is 2. The van der Waals surface area contributed by atoms with Crippen molar-refractivity contribution in [2.45, 2.75) is 58.5 Å². The van der Waals surface area contributed by atoms with E-state index in [2.05, 4.69) is 40.0 Å². The van der Waals surface area contributed by atoms with Gasteiger partial charge in [-0.2, -0.15) is 0 Å². The summed E-state index contributed by atoms with van der Waals surface area (Å²) in [6.07, 6.45) is 5.03. The smallest absolute Gasteiger partial charge is 0.419 e. The SMILES string of the molecule is CC(C)(C)OC(=O)n1cc(C[C@H](C(=O)NCCc2ccccc2)C(=O)NOCN2CCC(Cc3ccccc3)CC2)c2ccccc21. The van der Waals surface area contributed by atoms with Crippen molar-refractivity contribution >= 4 is 28.8 Å². The predicted octanol–water partition coefficient (Wildman–Crippen LogP) is 5.90. The fourth-order valence-corrected chi connectivity index (χ4v) is 6.03. The predicted molar refractivity (Wildman–Crippen MR) is 182 cm³/mol. The number of hydroxylamine groups is 1. The molecule has 2 amide bonds. The minimum absolute atomic E-state index is 0.0769. The summed E-state index contributed by atoms with van der Waals surface area (Å²) in [5, 5.41) is 3.71. The lowest BCUT2D eigenvalue weighted by Crippen LogP contribution is -2.45. The van der Waals surface area contributed by atoms with E-state index in [1.807, 2.05) is 81.4 Å². The molecule has 0 aliphatic carbocycles. The van der Waals surface area contributed by atoms with Gasteiger partial charge in [0.1, 0.15) is 18.2 Å². The van der Waals surface area contributed by atoms with Gasteiger partial charge < -0.3 is 10.1 Å². The van der Waals surface area contributed by atoms with E-state index in [0.29, 0.717) is 30.0 Å². The van der Waals surface area contributed by atoms with Crippen LogP contribution in [0, 0.1) is 11.8 Å². The molecule has 1 fully saturated rings. The van der Waals surface area contributed by atoms with Crippen LogP contribution in [0.5, 0.6) is 0 Å². The summed E-state index contributed by atoms with van der Waals surface area (Å²) in [7, 11) is 0. The van der Waals surface area contributed by atoms with Gasteiger partial charge in [-0.3, -0.25) is 23.9 Å². The Balaban J connectivity index is 1.23. The maximum atomic E-state index is 13.6. The molecule has 0 bridgehead atoms. The van der Waals surface area contributed by atoms with Crippen molar-refractivity contribution in [1.82, 2.24) is 20.3 Å². The molecule has 2 heterocycles. The lowest BCUT2D eigenvalue weighted by molar-refractivity contribution is -0.147. The fraction of sp³-hybridized carbons (Fsp3) is 0.395. The van der Waals surface area contributed by atoms with E-state index in [4.69, 9.17) is 9.57 Å². The second-order valence-corrected chi connectivity index (χ2v) is 13.3. The number of ether oxygens (including phenoxy) is 1. The molecule has 47 heavy (non-hydrogen) atoms. The summed E-state index contributed by atoms with van der Waals surface area (Å²) >= 11 is 0. The highest BCUT2D eigenvalue weighted by atomic mass is 16.7. The number of benzene rings is 3. The largest absolute Gasteiger partial charge is 0.443 e. The van der Waals surface area contributed by atoms with Gasteiger partial charge in [0, 0.05) is 31.2 Å². The molecule has 1 aromatic heterocycles. The summed E-state index contributed by atoms with van der Waals surface area (Å²) < 4.78 is 7.07. The van der Waals surface area contributed by atoms with Crippen LogP contribution in [0.4, 0.5) is 4.79 Å². The number of carbonyl (C=O) groups excluding carboxylic acids is 3. The molecule has 1 atom stereocenters. The van der Waals surface area contributed by atoms with Crippen molar-refractivity contribution in [3.05, 3.63) is 108 Å². The second-order valence-electron chi connectivity index (χ2n) is 13.3. The van der Waals surface area contributed by atoms with Crippen LogP contribution in [0.25, 0.3) is 10.9 Å². The molecule has 9 heteroatoms. The molecule has 9 nitrogen and oxygen atoms in total. The Morgan fingerprint density at radius 3 is 2.17 bits per heavy atom. The molecule has 2 N–H and O–H groups in total. The number of piperidine rings is 1. The fourth-order valence-electron chi connectivity index (χ4n) is 6.03. The third-order valence-corrected chi connectivity index (χ3v) is 8.49. The molecule has 1 aliphatic rings. The molecule has 1 aliphatic heterocycles. The molecule has 1 saturated heterocycles. The van der Waals surface area contributed by atoms with E-state index in [1.54, 1.807) is 6.20 Å². The summed E-state index contributed by atoms with van der Waals surface area (Å²) in [6.45, 7) is 7.80. The van der Waals surface area contributed by atoms with Gasteiger partial charge in [-0.15, -0.1) is 0 Å². The van der Waals surface area contributed by atoms with E-state index in [0.717, 1.165) is 43.3 Å². The van der Waals surface area contributed by atoms with Gasteiger partial charge in [0.05, 0.1) is 5.52 Å². The van der Waals surface area contributed by atoms with Gasteiger partial charge in [-0.25, -0.2) is 10.3 Å². The Kier molecular flexibility index (Phi) is 11.5. The Bertz CT molecular complexity index is 1620. The summed E-state index contributed by atoms with van der Waals surface area (Å²) in [5.74, 6) is -1.40. The lowest BCUT2D eigenvalue weighted by atomic mass is 9.90. The number of aromatic nitrogens is 1. The van der Waals surface area contributed by atoms with E-state index < -0.39 is 29.4 Å². The van der Waals surface area contributed by atoms with Gasteiger partial charge in [0.2, 0.25) is 5.91 Å². The number of hydrogen-bond acceptors (Lipinski definition) is 6. The zero-order valence-electron chi connectivity index (χ0n) is 27.6. The molecule has 0 spiro atoms. The van der Waals surface area contributed by atoms with Gasteiger partial charge in [-0.05, 0) is 81.5 Å². The van der Waals surface area contributed by atoms with Crippen LogP contribution in [0.15, 0.2) is 91.1 Å². The van der Waals surface area contributed by atoms with E-state index in [-0.39, 0.29) is 13.2 Å². The molecule has 5 rings (SSSR count). The minimum Gasteiger partial charge on any atom is -0.443 e. The second kappa shape index (κ2) is 15.9. The average Bonchev–Trinajstić information content (AvgIpc) is 3.43. The molecule has 0 radical (unpaired) electrons. The van der Waals surface area contributed by atoms with Crippen molar-refractivity contribution in [2.75, 3.05) is 26.4 Å². The summed E-state index contributed by atoms with van der Waals surface area (Å²) in [5.41, 5.74) is 5.65. The van der Waals surface area contributed by atoms with E-state index >= 15 is 0 Å². The Hall–Kier alpha value is -4.47. The minimum atomic E-state index is -1.08. The number of fused-ring (bicyclic) bond motifs is 1. The topological polar surface area (TPSA) is 102 Å². The number of carbonyl (C=O) groups is 3. The van der Waals surface area contributed by atoms with Crippen LogP contribution in [0.2, 0.25) is 0 Å². The van der Waals surface area contributed by atoms with Crippen LogP contribution in [0.3, 0.4) is 0 Å². The molecule has 0 unspecified atom stereocenters. The van der Waals surface area contributed by atoms with Gasteiger partial charge in [-0.1, -0.05) is 78.9 Å². The Morgan fingerprint density at radius 2 is 1.49 bits per heavy atom. The number of hydrogen-bond donors (Lipinski definition) is 2. The molecule has 3 aromatic carbocycles. The van der Waals surface area contributed by atoms with Gasteiger partial charge >= 0.3 is 6.09 Å². The average molecular weight is 639 g/mol. The van der Waals surface area contributed by atoms with Crippen molar-refractivity contribution < 1.29 is 24.0 Å². The number of rotatable bonds is 12. The number of likely N-dealkylation sites (tertiary alicyclic amines) is 1. The monoisotopic (exact) mass is 638 g/mol. The van der Waals surface area contributed by atoms with Crippen LogP contribution < -0.4 is 10.8 Å². The van der Waals surface area contributed by atoms with Gasteiger partial charge in [0.15, 0.2) is 0 Å². The maximum absolute atomic E-state index is 13.6. The normalized spacial score (nSPS) is 14.9. The quantitative estimate of drug-likeness (QED) is 0.148. The Labute approximate surface area is 277 Å². The third kappa shape index (κ3) is 9.76. The van der Waals surface area contributed by atoms with Crippen LogP contribution in [0.1, 0.15) is 50.3 Å². The van der Waals surface area contributed by atoms with E-state index in [9.17, 15) is 14.4 Å². The highest BCUT2D eigenvalue weighted by Gasteiger charge is 2.30. The van der Waals surface area contributed by atoms with Crippen molar-refractivity contribution in [2.24, 2.45) is 11.8 Å². The highest BCUT2D eigenvalue weighted by Crippen LogP contribution is 2.26. The van der Waals surface area contributed by atoms with E-state index in [1.165, 1.54) is 10.1 Å². The molecule has 0 saturated carbocycles. The zero-order valence-corrected chi connectivity index (χ0v) is 27.6. The maximum Gasteiger partial charge on any atom is 0.419 e. The van der Waals surface area contributed by atoms with Gasteiger partial charge in [0.25, 0.3) is 5.91 Å². The first-order valence-corrected chi connectivity index (χ1v) is 16.5. The van der Waals surface area contributed by atoms with Crippen molar-refractivity contribution in [3.8, 4) is 0 Å². The van der Waals surface area contributed by atoms with Crippen molar-refractivity contribution in [3.63, 3.8) is 0 Å². The number of nitrogens with zero attached hydrogens (tertiary/aromatic N) is 2. The number of para-hydroxylation sites is 1. The first-order chi connectivity index (χ1) is 22.7. The standard InChI is InChI=1S/C38H46N4O5/c1-38(2,3)47-37(45)42-26-31(32-16-10-11-17-34(32)42)25-33(35(43)39-21-18-28-12-6-4-7-13-28)36(44)40-46-27-41-22-19-30(20-23-41)24-29-14-8-5-9-15-29/h4-17,26,30,33H,18-25,27H2,1-3H3,(H,39,43)(H,40,44)/t33-/m1/s1. The molecule has 248 valence electrons. The van der Waals surface area contributed by atoms with Crippen LogP contribution in [-0.4, -0.2) is 59.3 Å².